The highest BCUT2D eigenvalue weighted by atomic mass is 16.5. The highest BCUT2D eigenvalue weighted by molar-refractivity contribution is 6.02. The molecule has 0 fully saturated rings. The lowest BCUT2D eigenvalue weighted by atomic mass is 9.94. The third-order valence-corrected chi connectivity index (χ3v) is 4.87. The number of ether oxygens (including phenoxy) is 1. The molecular weight excluding hydrogens is 372 g/mol. The predicted molar refractivity (Wildman–Crippen MR) is 106 cm³/mol. The number of aromatic hydroxyl groups is 1. The normalized spacial score (nSPS) is 12.2. The van der Waals surface area contributed by atoms with Crippen LogP contribution in [0.15, 0.2) is 48.7 Å². The minimum absolute atomic E-state index is 0.137. The molecule has 8 heteroatoms. The number of fused-ring (bicyclic) bond motifs is 1. The fraction of sp³-hybridized carbons (Fsp3) is 0.143. The first-order valence-corrected chi connectivity index (χ1v) is 8.86. The average Bonchev–Trinajstić information content (AvgIpc) is 3.14. The number of aromatic amines is 1. The van der Waals surface area contributed by atoms with Crippen LogP contribution >= 0.6 is 0 Å². The summed E-state index contributed by atoms with van der Waals surface area (Å²) in [6.45, 7) is 1.83. The van der Waals surface area contributed by atoms with Crippen LogP contribution in [0.2, 0.25) is 0 Å². The second-order valence-corrected chi connectivity index (χ2v) is 6.62. The molecule has 0 aliphatic rings. The number of nitrogens with zero attached hydrogens (tertiary/aromatic N) is 3. The molecule has 2 heterocycles. The lowest BCUT2D eigenvalue weighted by molar-refractivity contribution is 0.0697. The summed E-state index contributed by atoms with van der Waals surface area (Å²) in [5.41, 5.74) is 3.84. The summed E-state index contributed by atoms with van der Waals surface area (Å²) in [5, 5.41) is 32.0. The van der Waals surface area contributed by atoms with E-state index in [9.17, 15) is 15.0 Å². The van der Waals surface area contributed by atoms with Gasteiger partial charge < -0.3 is 19.9 Å². The number of phenolic OH excluding ortho intramolecular Hbond substituents is 1. The van der Waals surface area contributed by atoms with E-state index >= 15 is 0 Å². The van der Waals surface area contributed by atoms with Gasteiger partial charge in [0.25, 0.3) is 0 Å². The van der Waals surface area contributed by atoms with Crippen molar-refractivity contribution in [1.29, 1.82) is 0 Å². The first kappa shape index (κ1) is 18.6. The number of aromatic nitrogens is 4. The summed E-state index contributed by atoms with van der Waals surface area (Å²) in [6, 6.07) is 11.8. The second-order valence-electron chi connectivity index (χ2n) is 6.62. The fourth-order valence-corrected chi connectivity index (χ4v) is 3.55. The minimum atomic E-state index is -1.05. The van der Waals surface area contributed by atoms with Crippen molar-refractivity contribution in [2.24, 2.45) is 0 Å². The van der Waals surface area contributed by atoms with Crippen molar-refractivity contribution in [2.75, 3.05) is 7.11 Å². The van der Waals surface area contributed by atoms with Crippen molar-refractivity contribution in [1.82, 2.24) is 20.4 Å². The van der Waals surface area contributed by atoms with Crippen LogP contribution in [0, 0.1) is 6.92 Å². The summed E-state index contributed by atoms with van der Waals surface area (Å²) in [4.78, 5) is 14.9. The Kier molecular flexibility index (Phi) is 4.69. The van der Waals surface area contributed by atoms with Crippen LogP contribution in [0.25, 0.3) is 22.3 Å². The number of rotatable bonds is 5. The zero-order valence-electron chi connectivity index (χ0n) is 15.7. The first-order chi connectivity index (χ1) is 14.0. The van der Waals surface area contributed by atoms with Crippen LogP contribution in [-0.4, -0.2) is 43.7 Å². The average molecular weight is 390 g/mol. The van der Waals surface area contributed by atoms with Crippen molar-refractivity contribution in [3.8, 4) is 17.0 Å². The largest absolute Gasteiger partial charge is 0.508 e. The molecule has 2 aromatic carbocycles. The number of carbonyl (C=O) groups is 1. The van der Waals surface area contributed by atoms with Gasteiger partial charge in [0.15, 0.2) is 5.65 Å². The molecule has 4 aromatic rings. The molecule has 2 aromatic heterocycles. The Labute approximate surface area is 165 Å². The third-order valence-electron chi connectivity index (χ3n) is 4.87. The van der Waals surface area contributed by atoms with Crippen molar-refractivity contribution >= 4 is 17.0 Å². The molecule has 4 rings (SSSR count). The first-order valence-electron chi connectivity index (χ1n) is 8.86. The number of carboxylic acid groups (broad SMARTS) is 1. The van der Waals surface area contributed by atoms with E-state index in [0.717, 1.165) is 16.7 Å². The summed E-state index contributed by atoms with van der Waals surface area (Å²) < 4.78 is 5.73. The summed E-state index contributed by atoms with van der Waals surface area (Å²) in [7, 11) is 1.58. The van der Waals surface area contributed by atoms with Gasteiger partial charge in [0.2, 0.25) is 0 Å². The zero-order valence-corrected chi connectivity index (χ0v) is 15.7. The van der Waals surface area contributed by atoms with Crippen LogP contribution in [0.5, 0.6) is 5.75 Å². The Balaban J connectivity index is 1.99. The number of carboxylic acids is 1. The molecule has 146 valence electrons. The van der Waals surface area contributed by atoms with Crippen molar-refractivity contribution < 1.29 is 19.7 Å². The van der Waals surface area contributed by atoms with Gasteiger partial charge in [-0.15, -0.1) is 10.2 Å². The summed E-state index contributed by atoms with van der Waals surface area (Å²) in [6.07, 6.45) is 1.27. The van der Waals surface area contributed by atoms with E-state index < -0.39 is 12.1 Å². The number of benzene rings is 2. The maximum atomic E-state index is 11.8. The number of nitrogens with one attached hydrogen (secondary N) is 1. The predicted octanol–water partition coefficient (Wildman–Crippen LogP) is 3.47. The lowest BCUT2D eigenvalue weighted by Gasteiger charge is -2.17. The SMILES string of the molecule is COC(c1ccc(O)cc1)c1c[nH]c2nnnc(-c3c(C)cccc3C(=O)O)c12. The Morgan fingerprint density at radius 2 is 1.90 bits per heavy atom. The van der Waals surface area contributed by atoms with Crippen LogP contribution in [-0.2, 0) is 4.74 Å². The van der Waals surface area contributed by atoms with Gasteiger partial charge in [-0.3, -0.25) is 0 Å². The highest BCUT2D eigenvalue weighted by Gasteiger charge is 2.25. The van der Waals surface area contributed by atoms with Gasteiger partial charge in [-0.2, -0.15) is 0 Å². The van der Waals surface area contributed by atoms with E-state index in [-0.39, 0.29) is 11.3 Å². The maximum absolute atomic E-state index is 11.8. The summed E-state index contributed by atoms with van der Waals surface area (Å²) in [5.74, 6) is -0.892. The molecule has 1 unspecified atom stereocenters. The Hall–Kier alpha value is -3.78. The number of aromatic carboxylic acids is 1. The van der Waals surface area contributed by atoms with Crippen molar-refractivity contribution in [2.45, 2.75) is 13.0 Å². The molecule has 0 spiro atoms. The Morgan fingerprint density at radius 1 is 1.14 bits per heavy atom. The molecule has 0 amide bonds. The molecule has 29 heavy (non-hydrogen) atoms. The van der Waals surface area contributed by atoms with Crippen molar-refractivity contribution in [3.05, 3.63) is 70.9 Å². The van der Waals surface area contributed by atoms with E-state index in [1.807, 2.05) is 13.0 Å². The van der Waals surface area contributed by atoms with Gasteiger partial charge in [0.1, 0.15) is 17.5 Å². The molecule has 0 saturated carbocycles. The van der Waals surface area contributed by atoms with Crippen LogP contribution in [0.1, 0.15) is 33.2 Å². The number of hydrogen-bond donors (Lipinski definition) is 3. The maximum Gasteiger partial charge on any atom is 0.336 e. The number of phenols is 1. The summed E-state index contributed by atoms with van der Waals surface area (Å²) >= 11 is 0. The highest BCUT2D eigenvalue weighted by Crippen LogP contribution is 2.37. The molecule has 0 bridgehead atoms. The van der Waals surface area contributed by atoms with Crippen molar-refractivity contribution in [3.63, 3.8) is 0 Å². The van der Waals surface area contributed by atoms with Crippen LogP contribution in [0.4, 0.5) is 0 Å². The van der Waals surface area contributed by atoms with E-state index in [1.165, 1.54) is 0 Å². The van der Waals surface area contributed by atoms with E-state index in [1.54, 1.807) is 49.7 Å². The van der Waals surface area contributed by atoms with Gasteiger partial charge >= 0.3 is 5.97 Å². The monoisotopic (exact) mass is 390 g/mol. The topological polar surface area (TPSA) is 121 Å². The van der Waals surface area contributed by atoms with Gasteiger partial charge in [-0.05, 0) is 41.5 Å². The zero-order chi connectivity index (χ0) is 20.5. The molecule has 3 N–H and O–H groups in total. The van der Waals surface area contributed by atoms with Crippen LogP contribution < -0.4 is 0 Å². The molecular formula is C21H18N4O4. The fourth-order valence-electron chi connectivity index (χ4n) is 3.55. The van der Waals surface area contributed by atoms with E-state index in [2.05, 4.69) is 20.4 Å². The lowest BCUT2D eigenvalue weighted by Crippen LogP contribution is -2.06. The van der Waals surface area contributed by atoms with E-state index in [4.69, 9.17) is 4.74 Å². The second kappa shape index (κ2) is 7.33. The quantitative estimate of drug-likeness (QED) is 0.477. The molecule has 0 aliphatic heterocycles. The number of methoxy groups -OCH3 is 1. The minimum Gasteiger partial charge on any atom is -0.508 e. The smallest absolute Gasteiger partial charge is 0.336 e. The Morgan fingerprint density at radius 3 is 2.59 bits per heavy atom. The van der Waals surface area contributed by atoms with Gasteiger partial charge in [0.05, 0.1) is 10.9 Å². The number of hydrogen-bond acceptors (Lipinski definition) is 6. The molecule has 8 nitrogen and oxygen atoms in total. The molecule has 0 aliphatic carbocycles. The molecule has 0 radical (unpaired) electrons. The number of aryl methyl sites for hydroxylation is 1. The third kappa shape index (κ3) is 3.19. The standard InChI is InChI=1S/C21H18N4O4/c1-11-4-3-5-14(21(27)28)16(11)18-17-15(10-22-20(17)24-25-23-18)19(29-2)12-6-8-13(26)9-7-12/h3-10,19,26H,1-2H3,(H,27,28)(H,22,23,24). The Bertz CT molecular complexity index is 1200. The molecule has 1 atom stereocenters. The van der Waals surface area contributed by atoms with Gasteiger partial charge in [-0.1, -0.05) is 24.3 Å². The number of H-pyrrole nitrogens is 1. The van der Waals surface area contributed by atoms with Gasteiger partial charge in [0, 0.05) is 24.4 Å². The van der Waals surface area contributed by atoms with Gasteiger partial charge in [-0.25, -0.2) is 4.79 Å². The van der Waals surface area contributed by atoms with E-state index in [0.29, 0.717) is 22.3 Å². The van der Waals surface area contributed by atoms with Crippen LogP contribution in [0.3, 0.4) is 0 Å². The molecule has 0 saturated heterocycles.